The number of alkyl halides is 6. The lowest BCUT2D eigenvalue weighted by molar-refractivity contribution is -0.145. The molecule has 0 bridgehead atoms. The first-order chi connectivity index (χ1) is 16.4. The van der Waals surface area contributed by atoms with Crippen LogP contribution in [0.25, 0.3) is 5.69 Å². The Labute approximate surface area is 197 Å². The van der Waals surface area contributed by atoms with E-state index in [-0.39, 0.29) is 22.8 Å². The van der Waals surface area contributed by atoms with E-state index in [1.54, 1.807) is 12.1 Å². The average molecular weight is 519 g/mol. The molecule has 3 aromatic rings. The minimum atomic E-state index is -4.90. The van der Waals surface area contributed by atoms with Crippen molar-refractivity contribution in [2.45, 2.75) is 47.8 Å². The first-order valence-electron chi connectivity index (χ1n) is 10.2. The molecule has 4 rings (SSSR count). The molecule has 2 aromatic heterocycles. The zero-order chi connectivity index (χ0) is 25.4. The van der Waals surface area contributed by atoms with Crippen LogP contribution in [0.1, 0.15) is 29.9 Å². The van der Waals surface area contributed by atoms with Crippen LogP contribution >= 0.6 is 11.8 Å². The summed E-state index contributed by atoms with van der Waals surface area (Å²) < 4.78 is 92.2. The van der Waals surface area contributed by atoms with Gasteiger partial charge in [0.2, 0.25) is 11.7 Å². The highest BCUT2D eigenvalue weighted by Crippen LogP contribution is 2.37. The minimum Gasteiger partial charge on any atom is -0.352 e. The fourth-order valence-corrected chi connectivity index (χ4v) is 4.66. The van der Waals surface area contributed by atoms with E-state index in [9.17, 15) is 35.5 Å². The van der Waals surface area contributed by atoms with Crippen LogP contribution in [0.15, 0.2) is 47.8 Å². The van der Waals surface area contributed by atoms with E-state index < -0.39 is 41.8 Å². The lowest BCUT2D eigenvalue weighted by atomic mass is 9.92. The normalized spacial score (nSPS) is 18.3. The molecular weight excluding hydrogens is 503 g/mol. The van der Waals surface area contributed by atoms with Crippen molar-refractivity contribution in [3.05, 3.63) is 65.8 Å². The van der Waals surface area contributed by atoms with E-state index in [0.717, 1.165) is 17.5 Å². The predicted molar refractivity (Wildman–Crippen MR) is 110 cm³/mol. The summed E-state index contributed by atoms with van der Waals surface area (Å²) in [5, 5.41) is 6.10. The van der Waals surface area contributed by atoms with Gasteiger partial charge in [0, 0.05) is 27.9 Å². The zero-order valence-corrected chi connectivity index (χ0v) is 18.4. The smallest absolute Gasteiger partial charge is 0.352 e. The summed E-state index contributed by atoms with van der Waals surface area (Å²) in [6.45, 7) is 0. The molecule has 1 N–H and O–H groups in total. The van der Waals surface area contributed by atoms with Crippen molar-refractivity contribution in [1.82, 2.24) is 25.1 Å². The Kier molecular flexibility index (Phi) is 6.75. The highest BCUT2D eigenvalue weighted by molar-refractivity contribution is 8.00. The average Bonchev–Trinajstić information content (AvgIpc) is 3.20. The number of amides is 1. The summed E-state index contributed by atoms with van der Waals surface area (Å²) in [5.41, 5.74) is -2.01. The van der Waals surface area contributed by atoms with Gasteiger partial charge in [-0.3, -0.25) is 4.79 Å². The summed E-state index contributed by atoms with van der Waals surface area (Å²) in [4.78, 5) is 19.5. The molecule has 0 spiro atoms. The number of hydrogen-bond donors (Lipinski definition) is 1. The van der Waals surface area contributed by atoms with Gasteiger partial charge in [0.25, 0.3) is 0 Å². The predicted octanol–water partition coefficient (Wildman–Crippen LogP) is 4.82. The van der Waals surface area contributed by atoms with Crippen LogP contribution in [0.4, 0.5) is 30.7 Å². The number of nitrogens with zero attached hydrogens (tertiary/aromatic N) is 4. The number of aromatic nitrogens is 4. The lowest BCUT2D eigenvalue weighted by Gasteiger charge is -2.36. The van der Waals surface area contributed by atoms with Crippen LogP contribution in [0.2, 0.25) is 0 Å². The Balaban J connectivity index is 1.45. The van der Waals surface area contributed by atoms with E-state index in [1.165, 1.54) is 23.9 Å². The first kappa shape index (κ1) is 24.9. The van der Waals surface area contributed by atoms with Crippen LogP contribution in [-0.4, -0.2) is 36.9 Å². The summed E-state index contributed by atoms with van der Waals surface area (Å²) >= 11 is 1.44. The molecule has 14 heteroatoms. The molecule has 1 aliphatic carbocycles. The molecule has 1 aromatic carbocycles. The first-order valence-corrected chi connectivity index (χ1v) is 11.0. The molecule has 35 heavy (non-hydrogen) atoms. The number of nitrogens with one attached hydrogen (secondary N) is 1. The van der Waals surface area contributed by atoms with E-state index in [2.05, 4.69) is 20.4 Å². The Morgan fingerprint density at radius 2 is 1.69 bits per heavy atom. The molecule has 2 unspecified atom stereocenters. The van der Waals surface area contributed by atoms with Gasteiger partial charge in [-0.25, -0.2) is 19.0 Å². The van der Waals surface area contributed by atoms with Gasteiger partial charge >= 0.3 is 12.4 Å². The molecule has 0 radical (unpaired) electrons. The van der Waals surface area contributed by atoms with Crippen molar-refractivity contribution >= 4 is 17.7 Å². The summed E-state index contributed by atoms with van der Waals surface area (Å²) in [6.07, 6.45) is -6.63. The van der Waals surface area contributed by atoms with Crippen molar-refractivity contribution in [3.63, 3.8) is 0 Å². The molecule has 6 nitrogen and oxygen atoms in total. The topological polar surface area (TPSA) is 72.7 Å². The number of carbonyl (C=O) groups is 1. The van der Waals surface area contributed by atoms with Gasteiger partial charge in [0.15, 0.2) is 5.69 Å². The van der Waals surface area contributed by atoms with Gasteiger partial charge in [-0.1, -0.05) is 0 Å². The van der Waals surface area contributed by atoms with Gasteiger partial charge in [-0.2, -0.15) is 31.4 Å². The second-order valence-electron chi connectivity index (χ2n) is 7.75. The third-order valence-electron chi connectivity index (χ3n) is 5.22. The van der Waals surface area contributed by atoms with Crippen LogP contribution in [0.5, 0.6) is 0 Å². The molecule has 186 valence electrons. The molecule has 1 aliphatic rings. The molecule has 2 atom stereocenters. The minimum absolute atomic E-state index is 0.0153. The number of hydrogen-bond acceptors (Lipinski definition) is 5. The van der Waals surface area contributed by atoms with Crippen molar-refractivity contribution in [2.24, 2.45) is 0 Å². The number of halogens is 7. The Hall–Kier alpha value is -3.16. The van der Waals surface area contributed by atoms with E-state index in [4.69, 9.17) is 0 Å². The van der Waals surface area contributed by atoms with Crippen LogP contribution < -0.4 is 5.32 Å². The van der Waals surface area contributed by atoms with Crippen LogP contribution in [0, 0.1) is 5.82 Å². The molecule has 1 amide bonds. The largest absolute Gasteiger partial charge is 0.451 e. The monoisotopic (exact) mass is 519 g/mol. The third-order valence-corrected chi connectivity index (χ3v) is 6.64. The second-order valence-corrected chi connectivity index (χ2v) is 9.06. The second kappa shape index (κ2) is 9.47. The number of benzene rings is 1. The van der Waals surface area contributed by atoms with E-state index in [1.807, 2.05) is 0 Å². The standard InChI is InChI=1S/C21H16F7N5OS/c22-12-1-3-14(4-2-12)35-16-6-5-15(16)31-17(34)7-11-10-33(32-18(11)20(23,24)25)13-8-29-19(30-9-13)21(26,27)28/h1-4,8-10,15-16H,5-7H2,(H,31,34). The maximum absolute atomic E-state index is 13.5. The van der Waals surface area contributed by atoms with Gasteiger partial charge in [-0.15, -0.1) is 11.8 Å². The quantitative estimate of drug-likeness (QED) is 0.473. The van der Waals surface area contributed by atoms with Crippen molar-refractivity contribution in [1.29, 1.82) is 0 Å². The summed E-state index contributed by atoms with van der Waals surface area (Å²) in [5.74, 6) is -2.48. The number of thioether (sulfide) groups is 1. The molecule has 0 aliphatic heterocycles. The van der Waals surface area contributed by atoms with E-state index >= 15 is 0 Å². The molecular formula is C21H16F7N5OS. The van der Waals surface area contributed by atoms with Gasteiger partial charge in [-0.05, 0) is 37.1 Å². The lowest BCUT2D eigenvalue weighted by Crippen LogP contribution is -2.49. The number of carbonyl (C=O) groups excluding carboxylic acids is 1. The maximum atomic E-state index is 13.5. The fraction of sp³-hybridized carbons (Fsp3) is 0.333. The van der Waals surface area contributed by atoms with Crippen LogP contribution in [-0.2, 0) is 23.6 Å². The summed E-state index contributed by atoms with van der Waals surface area (Å²) in [7, 11) is 0. The van der Waals surface area contributed by atoms with Crippen molar-refractivity contribution < 1.29 is 35.5 Å². The maximum Gasteiger partial charge on any atom is 0.451 e. The zero-order valence-electron chi connectivity index (χ0n) is 17.6. The van der Waals surface area contributed by atoms with Gasteiger partial charge in [0.1, 0.15) is 11.5 Å². The fourth-order valence-electron chi connectivity index (χ4n) is 3.39. The Bertz CT molecular complexity index is 1190. The SMILES string of the molecule is O=C(Cc1cn(-c2cnc(C(F)(F)F)nc2)nc1C(F)(F)F)NC1CCC1Sc1ccc(F)cc1. The van der Waals surface area contributed by atoms with Gasteiger partial charge in [0.05, 0.1) is 18.8 Å². The Morgan fingerprint density at radius 3 is 2.23 bits per heavy atom. The molecule has 2 heterocycles. The van der Waals surface area contributed by atoms with Crippen molar-refractivity contribution in [2.75, 3.05) is 0 Å². The molecule has 0 saturated heterocycles. The number of rotatable bonds is 6. The highest BCUT2D eigenvalue weighted by atomic mass is 32.2. The van der Waals surface area contributed by atoms with Crippen molar-refractivity contribution in [3.8, 4) is 5.69 Å². The Morgan fingerprint density at radius 1 is 1.03 bits per heavy atom. The van der Waals surface area contributed by atoms with E-state index in [0.29, 0.717) is 23.5 Å². The summed E-state index contributed by atoms with van der Waals surface area (Å²) in [6, 6.07) is 5.56. The van der Waals surface area contributed by atoms with Gasteiger partial charge < -0.3 is 5.32 Å². The van der Waals surface area contributed by atoms with Crippen LogP contribution in [0.3, 0.4) is 0 Å². The highest BCUT2D eigenvalue weighted by Gasteiger charge is 2.39. The molecule has 1 fully saturated rings. The molecule has 1 saturated carbocycles. The third kappa shape index (κ3) is 5.92.